The first kappa shape index (κ1) is 16.4. The van der Waals surface area contributed by atoms with Crippen molar-refractivity contribution in [2.45, 2.75) is 13.8 Å². The van der Waals surface area contributed by atoms with Gasteiger partial charge in [0.2, 0.25) is 0 Å². The molecule has 0 unspecified atom stereocenters. The van der Waals surface area contributed by atoms with Crippen LogP contribution in [0, 0.1) is 13.8 Å². The van der Waals surface area contributed by atoms with Crippen molar-refractivity contribution in [1.29, 1.82) is 0 Å². The van der Waals surface area contributed by atoms with Crippen LogP contribution >= 0.6 is 0 Å². The Kier molecular flexibility index (Phi) is 5.57. The second-order valence-corrected chi connectivity index (χ2v) is 4.94. The molecule has 2 N–H and O–H groups in total. The zero-order valence-electron chi connectivity index (χ0n) is 13.0. The molecule has 0 aliphatic rings. The van der Waals surface area contributed by atoms with Crippen molar-refractivity contribution in [1.82, 2.24) is 10.9 Å². The van der Waals surface area contributed by atoms with Gasteiger partial charge in [0.05, 0.1) is 6.26 Å². The summed E-state index contributed by atoms with van der Waals surface area (Å²) >= 11 is 0. The van der Waals surface area contributed by atoms with Gasteiger partial charge >= 0.3 is 0 Å². The Morgan fingerprint density at radius 3 is 2.74 bits per heavy atom. The Balaban J connectivity index is 1.73. The van der Waals surface area contributed by atoms with Gasteiger partial charge in [-0.05, 0) is 43.7 Å². The first-order chi connectivity index (χ1) is 11.0. The van der Waals surface area contributed by atoms with E-state index in [0.29, 0.717) is 11.5 Å². The van der Waals surface area contributed by atoms with Crippen molar-refractivity contribution in [2.75, 3.05) is 6.61 Å². The van der Waals surface area contributed by atoms with Crippen LogP contribution in [0.3, 0.4) is 0 Å². The average Bonchev–Trinajstić information content (AvgIpc) is 3.03. The van der Waals surface area contributed by atoms with E-state index >= 15 is 0 Å². The number of furan rings is 1. The fraction of sp³-hybridized carbons (Fsp3) is 0.176. The van der Waals surface area contributed by atoms with Gasteiger partial charge in [0, 0.05) is 6.08 Å². The highest BCUT2D eigenvalue weighted by atomic mass is 16.5. The van der Waals surface area contributed by atoms with Gasteiger partial charge in [-0.2, -0.15) is 0 Å². The van der Waals surface area contributed by atoms with Gasteiger partial charge in [-0.25, -0.2) is 0 Å². The number of hydrazine groups is 1. The first-order valence-corrected chi connectivity index (χ1v) is 7.05. The van der Waals surface area contributed by atoms with Gasteiger partial charge in [0.15, 0.2) is 6.61 Å². The van der Waals surface area contributed by atoms with Crippen LogP contribution in [0.1, 0.15) is 16.9 Å². The Morgan fingerprint density at radius 1 is 1.22 bits per heavy atom. The number of nitrogens with one attached hydrogen (secondary N) is 2. The third-order valence-electron chi connectivity index (χ3n) is 2.96. The van der Waals surface area contributed by atoms with Crippen molar-refractivity contribution in [3.8, 4) is 5.75 Å². The second kappa shape index (κ2) is 7.84. The van der Waals surface area contributed by atoms with Crippen molar-refractivity contribution in [3.05, 3.63) is 59.6 Å². The summed E-state index contributed by atoms with van der Waals surface area (Å²) in [5.74, 6) is 0.255. The van der Waals surface area contributed by atoms with Gasteiger partial charge in [-0.1, -0.05) is 17.7 Å². The minimum Gasteiger partial charge on any atom is -0.483 e. The summed E-state index contributed by atoms with van der Waals surface area (Å²) in [6, 6.07) is 9.10. The van der Waals surface area contributed by atoms with E-state index in [4.69, 9.17) is 9.15 Å². The van der Waals surface area contributed by atoms with Gasteiger partial charge in [-0.3, -0.25) is 20.4 Å². The van der Waals surface area contributed by atoms with E-state index in [9.17, 15) is 9.59 Å². The van der Waals surface area contributed by atoms with E-state index in [1.807, 2.05) is 32.0 Å². The summed E-state index contributed by atoms with van der Waals surface area (Å²) in [5.41, 5.74) is 6.59. The molecule has 0 fully saturated rings. The Bertz CT molecular complexity index is 705. The van der Waals surface area contributed by atoms with Crippen LogP contribution in [0.15, 0.2) is 47.1 Å². The largest absolute Gasteiger partial charge is 0.483 e. The molecule has 23 heavy (non-hydrogen) atoms. The van der Waals surface area contributed by atoms with Gasteiger partial charge in [0.1, 0.15) is 11.5 Å². The lowest BCUT2D eigenvalue weighted by molar-refractivity contribution is -0.128. The highest BCUT2D eigenvalue weighted by Gasteiger charge is 2.05. The molecule has 1 aromatic heterocycles. The fourth-order valence-corrected chi connectivity index (χ4v) is 1.86. The number of hydrogen-bond donors (Lipinski definition) is 2. The van der Waals surface area contributed by atoms with E-state index in [0.717, 1.165) is 11.1 Å². The average molecular weight is 314 g/mol. The van der Waals surface area contributed by atoms with Crippen molar-refractivity contribution >= 4 is 17.9 Å². The molecule has 1 aromatic carbocycles. The van der Waals surface area contributed by atoms with Gasteiger partial charge < -0.3 is 9.15 Å². The van der Waals surface area contributed by atoms with E-state index in [1.54, 1.807) is 12.1 Å². The van der Waals surface area contributed by atoms with Crippen molar-refractivity contribution in [2.24, 2.45) is 0 Å². The molecule has 0 spiro atoms. The van der Waals surface area contributed by atoms with Crippen LogP contribution < -0.4 is 15.6 Å². The Morgan fingerprint density at radius 2 is 2.04 bits per heavy atom. The molecule has 0 aliphatic heterocycles. The number of amides is 2. The van der Waals surface area contributed by atoms with E-state index in [1.165, 1.54) is 18.4 Å². The maximum Gasteiger partial charge on any atom is 0.276 e. The maximum atomic E-state index is 11.6. The lowest BCUT2D eigenvalue weighted by Gasteiger charge is -2.10. The zero-order chi connectivity index (χ0) is 16.7. The molecule has 6 nitrogen and oxygen atoms in total. The minimum absolute atomic E-state index is 0.188. The number of benzene rings is 1. The summed E-state index contributed by atoms with van der Waals surface area (Å²) in [4.78, 5) is 23.2. The molecule has 1 heterocycles. The smallest absolute Gasteiger partial charge is 0.276 e. The SMILES string of the molecule is Cc1ccc(OCC(=O)NNC(=O)/C=C/c2ccco2)c(C)c1. The molecule has 2 aromatic rings. The summed E-state index contributed by atoms with van der Waals surface area (Å²) in [6.07, 6.45) is 4.25. The van der Waals surface area contributed by atoms with Crippen LogP contribution in [0.5, 0.6) is 5.75 Å². The fourth-order valence-electron chi connectivity index (χ4n) is 1.86. The first-order valence-electron chi connectivity index (χ1n) is 7.05. The number of aryl methyl sites for hydroxylation is 2. The monoisotopic (exact) mass is 314 g/mol. The molecule has 0 bridgehead atoms. The lowest BCUT2D eigenvalue weighted by Crippen LogP contribution is -2.43. The minimum atomic E-state index is -0.471. The van der Waals surface area contributed by atoms with Crippen LogP contribution in [-0.2, 0) is 9.59 Å². The zero-order valence-corrected chi connectivity index (χ0v) is 13.0. The third kappa shape index (κ3) is 5.35. The molecule has 6 heteroatoms. The van der Waals surface area contributed by atoms with Crippen molar-refractivity contribution < 1.29 is 18.7 Å². The van der Waals surface area contributed by atoms with Gasteiger partial charge in [-0.15, -0.1) is 0 Å². The molecule has 0 atom stereocenters. The normalized spacial score (nSPS) is 10.5. The molecule has 0 radical (unpaired) electrons. The summed E-state index contributed by atoms with van der Waals surface area (Å²) in [6.45, 7) is 3.70. The highest BCUT2D eigenvalue weighted by Crippen LogP contribution is 2.18. The second-order valence-electron chi connectivity index (χ2n) is 4.94. The molecule has 0 saturated heterocycles. The standard InChI is InChI=1S/C17H18N2O4/c1-12-5-7-15(13(2)10-12)23-11-17(21)19-18-16(20)8-6-14-4-3-9-22-14/h3-10H,11H2,1-2H3,(H,18,20)(H,19,21)/b8-6+. The van der Waals surface area contributed by atoms with Crippen LogP contribution in [0.25, 0.3) is 6.08 Å². The number of carbonyl (C=O) groups excluding carboxylic acids is 2. The quantitative estimate of drug-likeness (QED) is 0.654. The molecule has 2 amide bonds. The topological polar surface area (TPSA) is 80.6 Å². The Hall–Kier alpha value is -3.02. The summed E-state index contributed by atoms with van der Waals surface area (Å²) in [5, 5.41) is 0. The molecular weight excluding hydrogens is 296 g/mol. The highest BCUT2D eigenvalue weighted by molar-refractivity contribution is 5.92. The summed E-state index contributed by atoms with van der Waals surface area (Å²) < 4.78 is 10.5. The van der Waals surface area contributed by atoms with Crippen molar-refractivity contribution in [3.63, 3.8) is 0 Å². The third-order valence-corrected chi connectivity index (χ3v) is 2.96. The Labute approximate surface area is 134 Å². The number of ether oxygens (including phenoxy) is 1. The van der Waals surface area contributed by atoms with Gasteiger partial charge in [0.25, 0.3) is 11.8 Å². The molecule has 2 rings (SSSR count). The predicted octanol–water partition coefficient (Wildman–Crippen LogP) is 2.14. The van der Waals surface area contributed by atoms with Crippen LogP contribution in [0.2, 0.25) is 0 Å². The number of rotatable bonds is 5. The van der Waals surface area contributed by atoms with Crippen LogP contribution in [-0.4, -0.2) is 18.4 Å². The molecule has 120 valence electrons. The lowest BCUT2D eigenvalue weighted by atomic mass is 10.1. The number of hydrogen-bond acceptors (Lipinski definition) is 4. The maximum absolute atomic E-state index is 11.6. The van der Waals surface area contributed by atoms with E-state index in [2.05, 4.69) is 10.9 Å². The van der Waals surface area contributed by atoms with E-state index in [-0.39, 0.29) is 6.61 Å². The number of carbonyl (C=O) groups is 2. The molecular formula is C17H18N2O4. The van der Waals surface area contributed by atoms with E-state index < -0.39 is 11.8 Å². The molecule has 0 saturated carbocycles. The predicted molar refractivity (Wildman–Crippen MR) is 85.4 cm³/mol. The van der Waals surface area contributed by atoms with Crippen LogP contribution in [0.4, 0.5) is 0 Å². The summed E-state index contributed by atoms with van der Waals surface area (Å²) in [7, 11) is 0. The molecule has 0 aliphatic carbocycles.